The van der Waals surface area contributed by atoms with Crippen molar-refractivity contribution in [3.63, 3.8) is 0 Å². The first-order chi connectivity index (χ1) is 9.72. The molecule has 0 spiro atoms. The van der Waals surface area contributed by atoms with Gasteiger partial charge in [-0.15, -0.1) is 11.3 Å². The molecule has 2 aromatic heterocycles. The van der Waals surface area contributed by atoms with Gasteiger partial charge in [0.15, 0.2) is 0 Å². The fourth-order valence-electron chi connectivity index (χ4n) is 2.11. The predicted molar refractivity (Wildman–Crippen MR) is 76.3 cm³/mol. The summed E-state index contributed by atoms with van der Waals surface area (Å²) in [5, 5.41) is 0. The molecule has 0 aliphatic carbocycles. The molecule has 2 aromatic rings. The van der Waals surface area contributed by atoms with E-state index < -0.39 is 0 Å². The van der Waals surface area contributed by atoms with Crippen LogP contribution >= 0.6 is 22.9 Å². The van der Waals surface area contributed by atoms with Crippen molar-refractivity contribution in [1.29, 1.82) is 0 Å². The third kappa shape index (κ3) is 2.91. The van der Waals surface area contributed by atoms with E-state index in [2.05, 4.69) is 9.97 Å². The Balaban J connectivity index is 1.61. The monoisotopic (exact) mass is 309 g/mol. The van der Waals surface area contributed by atoms with Crippen molar-refractivity contribution in [2.24, 2.45) is 0 Å². The largest absolute Gasteiger partial charge is 0.471 e. The minimum Gasteiger partial charge on any atom is -0.471 e. The van der Waals surface area contributed by atoms with E-state index in [1.807, 2.05) is 0 Å². The second-order valence-corrected chi connectivity index (χ2v) is 6.14. The molecule has 104 valence electrons. The first-order valence-corrected chi connectivity index (χ1v) is 7.39. The quantitative estimate of drug-likeness (QED) is 0.874. The molecule has 0 bridgehead atoms. The van der Waals surface area contributed by atoms with Crippen LogP contribution in [-0.2, 0) is 0 Å². The van der Waals surface area contributed by atoms with E-state index in [1.54, 1.807) is 35.6 Å². The van der Waals surface area contributed by atoms with Gasteiger partial charge in [-0.2, -0.15) is 0 Å². The number of ether oxygens (including phenoxy) is 1. The predicted octanol–water partition coefficient (Wildman–Crippen LogP) is 2.49. The molecule has 5 nitrogen and oxygen atoms in total. The van der Waals surface area contributed by atoms with Crippen molar-refractivity contribution < 1.29 is 9.53 Å². The molecule has 0 saturated carbocycles. The molecule has 1 saturated heterocycles. The van der Waals surface area contributed by atoms with E-state index >= 15 is 0 Å². The Kier molecular flexibility index (Phi) is 3.84. The second-order valence-electron chi connectivity index (χ2n) is 4.43. The van der Waals surface area contributed by atoms with Gasteiger partial charge in [0.2, 0.25) is 5.88 Å². The maximum absolute atomic E-state index is 12.3. The fourth-order valence-corrected chi connectivity index (χ4v) is 3.12. The van der Waals surface area contributed by atoms with Gasteiger partial charge in [0.05, 0.1) is 22.0 Å². The van der Waals surface area contributed by atoms with Crippen LogP contribution in [0, 0.1) is 0 Å². The summed E-state index contributed by atoms with van der Waals surface area (Å²) in [7, 11) is 0. The highest BCUT2D eigenvalue weighted by Crippen LogP contribution is 2.25. The van der Waals surface area contributed by atoms with Gasteiger partial charge in [0, 0.05) is 25.4 Å². The molecule has 3 rings (SSSR count). The van der Waals surface area contributed by atoms with Crippen molar-refractivity contribution >= 4 is 28.8 Å². The van der Waals surface area contributed by atoms with Crippen molar-refractivity contribution in [3.05, 3.63) is 39.9 Å². The zero-order valence-electron chi connectivity index (χ0n) is 10.5. The summed E-state index contributed by atoms with van der Waals surface area (Å²) in [4.78, 5) is 22.7. The summed E-state index contributed by atoms with van der Waals surface area (Å²) in [6.45, 7) is 1.24. The van der Waals surface area contributed by atoms with Crippen LogP contribution in [-0.4, -0.2) is 40.0 Å². The van der Waals surface area contributed by atoms with Gasteiger partial charge >= 0.3 is 0 Å². The van der Waals surface area contributed by atoms with Gasteiger partial charge in [-0.05, 0) is 12.1 Å². The lowest BCUT2D eigenvalue weighted by Gasteiger charge is -2.15. The van der Waals surface area contributed by atoms with E-state index in [1.165, 1.54) is 11.3 Å². The summed E-state index contributed by atoms with van der Waals surface area (Å²) in [5.41, 5.74) is 0. The second kappa shape index (κ2) is 5.76. The Hall–Kier alpha value is -1.66. The van der Waals surface area contributed by atoms with Crippen LogP contribution in [0.2, 0.25) is 4.34 Å². The molecule has 1 unspecified atom stereocenters. The fraction of sp³-hybridized carbons (Fsp3) is 0.308. The SMILES string of the molecule is O=C(c1ccc(Cl)s1)N1CCC(Oc2cnccn2)C1. The topological polar surface area (TPSA) is 55.3 Å². The number of hydrogen-bond donors (Lipinski definition) is 0. The minimum atomic E-state index is -0.0360. The summed E-state index contributed by atoms with van der Waals surface area (Å²) in [5.74, 6) is 0.498. The average molecular weight is 310 g/mol. The Bertz CT molecular complexity index is 605. The third-order valence-corrected chi connectivity index (χ3v) is 4.26. The molecule has 1 fully saturated rings. The van der Waals surface area contributed by atoms with Crippen LogP contribution in [0.25, 0.3) is 0 Å². The van der Waals surface area contributed by atoms with E-state index in [0.717, 1.165) is 6.42 Å². The molecule has 1 aliphatic heterocycles. The number of aromatic nitrogens is 2. The van der Waals surface area contributed by atoms with Crippen molar-refractivity contribution in [2.45, 2.75) is 12.5 Å². The first-order valence-electron chi connectivity index (χ1n) is 6.19. The number of carbonyl (C=O) groups is 1. The van der Waals surface area contributed by atoms with Gasteiger partial charge in [-0.3, -0.25) is 9.78 Å². The number of halogens is 1. The molecule has 20 heavy (non-hydrogen) atoms. The smallest absolute Gasteiger partial charge is 0.264 e. The van der Waals surface area contributed by atoms with Gasteiger partial charge in [-0.25, -0.2) is 4.98 Å². The summed E-state index contributed by atoms with van der Waals surface area (Å²) >= 11 is 7.15. The van der Waals surface area contributed by atoms with E-state index in [4.69, 9.17) is 16.3 Å². The molecule has 0 aromatic carbocycles. The molecule has 1 amide bonds. The summed E-state index contributed by atoms with van der Waals surface area (Å²) < 4.78 is 6.33. The number of thiophene rings is 1. The van der Waals surface area contributed by atoms with Crippen LogP contribution in [0.4, 0.5) is 0 Å². The Morgan fingerprint density at radius 3 is 3.05 bits per heavy atom. The highest BCUT2D eigenvalue weighted by atomic mass is 35.5. The lowest BCUT2D eigenvalue weighted by Crippen LogP contribution is -2.30. The molecular weight excluding hydrogens is 298 g/mol. The number of rotatable bonds is 3. The maximum atomic E-state index is 12.3. The van der Waals surface area contributed by atoms with Crippen LogP contribution in [0.3, 0.4) is 0 Å². The normalized spacial score (nSPS) is 18.2. The molecule has 7 heteroatoms. The van der Waals surface area contributed by atoms with Crippen LogP contribution in [0.15, 0.2) is 30.7 Å². The van der Waals surface area contributed by atoms with Gasteiger partial charge in [0.25, 0.3) is 5.91 Å². The van der Waals surface area contributed by atoms with E-state index in [0.29, 0.717) is 28.2 Å². The minimum absolute atomic E-state index is 0.00662. The van der Waals surface area contributed by atoms with Crippen molar-refractivity contribution in [1.82, 2.24) is 14.9 Å². The lowest BCUT2D eigenvalue weighted by atomic mass is 10.3. The first kappa shape index (κ1) is 13.3. The number of amides is 1. The highest BCUT2D eigenvalue weighted by molar-refractivity contribution is 7.17. The maximum Gasteiger partial charge on any atom is 0.264 e. The number of likely N-dealkylation sites (tertiary alicyclic amines) is 1. The van der Waals surface area contributed by atoms with Gasteiger partial charge < -0.3 is 9.64 Å². The highest BCUT2D eigenvalue weighted by Gasteiger charge is 2.29. The van der Waals surface area contributed by atoms with Crippen LogP contribution in [0.5, 0.6) is 5.88 Å². The van der Waals surface area contributed by atoms with E-state index in [9.17, 15) is 4.79 Å². The van der Waals surface area contributed by atoms with Gasteiger partial charge in [0.1, 0.15) is 6.10 Å². The Labute approximate surface area is 125 Å². The van der Waals surface area contributed by atoms with Crippen molar-refractivity contribution in [3.8, 4) is 5.88 Å². The molecular formula is C13H12ClN3O2S. The standard InChI is InChI=1S/C13H12ClN3O2S/c14-11-2-1-10(20-11)13(18)17-6-3-9(8-17)19-12-7-15-4-5-16-12/h1-2,4-5,7,9H,3,6,8H2. The zero-order chi connectivity index (χ0) is 13.9. The average Bonchev–Trinajstić information content (AvgIpc) is 3.08. The molecule has 1 atom stereocenters. The molecule has 1 aliphatic rings. The van der Waals surface area contributed by atoms with Gasteiger partial charge in [-0.1, -0.05) is 11.6 Å². The number of hydrogen-bond acceptors (Lipinski definition) is 5. The number of nitrogens with zero attached hydrogens (tertiary/aromatic N) is 3. The molecule has 0 N–H and O–H groups in total. The third-order valence-electron chi connectivity index (χ3n) is 3.04. The lowest BCUT2D eigenvalue weighted by molar-refractivity contribution is 0.0776. The Morgan fingerprint density at radius 1 is 1.45 bits per heavy atom. The summed E-state index contributed by atoms with van der Waals surface area (Å²) in [6, 6.07) is 3.50. The van der Waals surface area contributed by atoms with E-state index in [-0.39, 0.29) is 12.0 Å². The van der Waals surface area contributed by atoms with Crippen molar-refractivity contribution in [2.75, 3.05) is 13.1 Å². The molecule has 0 radical (unpaired) electrons. The van der Waals surface area contributed by atoms with Crippen LogP contribution < -0.4 is 4.74 Å². The zero-order valence-corrected chi connectivity index (χ0v) is 12.1. The Morgan fingerprint density at radius 2 is 2.35 bits per heavy atom. The summed E-state index contributed by atoms with van der Waals surface area (Å²) in [6.07, 6.45) is 5.51. The molecule has 3 heterocycles. The number of carbonyl (C=O) groups excluding carboxylic acids is 1. The van der Waals surface area contributed by atoms with Crippen LogP contribution in [0.1, 0.15) is 16.1 Å².